The van der Waals surface area contributed by atoms with Crippen molar-refractivity contribution < 1.29 is 18.7 Å². The topological polar surface area (TPSA) is 55.4 Å². The number of esters is 1. The van der Waals surface area contributed by atoms with Crippen LogP contribution >= 0.6 is 11.3 Å². The molecule has 0 aliphatic heterocycles. The van der Waals surface area contributed by atoms with Gasteiger partial charge in [-0.1, -0.05) is 0 Å². The molecular weight excluding hydrogens is 281 g/mol. The number of hydrogen-bond donors (Lipinski definition) is 1. The third kappa shape index (κ3) is 3.64. The molecule has 0 fully saturated rings. The molecule has 0 aliphatic carbocycles. The Labute approximate surface area is 119 Å². The Morgan fingerprint density at radius 3 is 2.55 bits per heavy atom. The molecule has 2 rings (SSSR count). The third-order valence-corrected chi connectivity index (χ3v) is 3.51. The van der Waals surface area contributed by atoms with Gasteiger partial charge in [-0.2, -0.15) is 0 Å². The molecule has 4 nitrogen and oxygen atoms in total. The highest BCUT2D eigenvalue weighted by molar-refractivity contribution is 7.12. The van der Waals surface area contributed by atoms with E-state index in [-0.39, 0.29) is 12.4 Å². The van der Waals surface area contributed by atoms with Crippen LogP contribution in [0.5, 0.6) is 0 Å². The zero-order chi connectivity index (χ0) is 14.5. The van der Waals surface area contributed by atoms with Crippen LogP contribution in [0.3, 0.4) is 0 Å². The number of hydrogen-bond acceptors (Lipinski definition) is 4. The molecule has 0 spiro atoms. The minimum absolute atomic E-state index is 0.381. The van der Waals surface area contributed by atoms with Crippen molar-refractivity contribution in [2.75, 3.05) is 11.9 Å². The second-order valence-corrected chi connectivity index (χ2v) is 4.98. The number of ether oxygens (including phenoxy) is 1. The Morgan fingerprint density at radius 1 is 1.25 bits per heavy atom. The second-order valence-electron chi connectivity index (χ2n) is 4.06. The van der Waals surface area contributed by atoms with Crippen molar-refractivity contribution in [2.24, 2.45) is 0 Å². The average molecular weight is 293 g/mol. The lowest BCUT2D eigenvalue weighted by molar-refractivity contribution is -0.119. The Kier molecular flexibility index (Phi) is 4.47. The molecule has 2 aromatic rings. The number of nitrogens with one attached hydrogen (secondary N) is 1. The van der Waals surface area contributed by atoms with Crippen LogP contribution in [0.4, 0.5) is 10.1 Å². The number of benzene rings is 1. The van der Waals surface area contributed by atoms with Crippen LogP contribution in [0.15, 0.2) is 35.7 Å². The molecule has 104 valence electrons. The number of carbonyl (C=O) groups excluding carboxylic acids is 2. The summed E-state index contributed by atoms with van der Waals surface area (Å²) < 4.78 is 17.6. The lowest BCUT2D eigenvalue weighted by Crippen LogP contribution is -2.20. The fourth-order valence-corrected chi connectivity index (χ4v) is 2.33. The van der Waals surface area contributed by atoms with Crippen LogP contribution < -0.4 is 5.32 Å². The highest BCUT2D eigenvalue weighted by Gasteiger charge is 2.13. The number of aryl methyl sites for hydroxylation is 1. The van der Waals surface area contributed by atoms with Gasteiger partial charge in [0.2, 0.25) is 0 Å². The minimum Gasteiger partial charge on any atom is -0.451 e. The molecule has 1 aromatic carbocycles. The summed E-state index contributed by atoms with van der Waals surface area (Å²) in [6, 6.07) is 7.13. The van der Waals surface area contributed by atoms with E-state index in [4.69, 9.17) is 4.74 Å². The highest BCUT2D eigenvalue weighted by Crippen LogP contribution is 2.16. The Morgan fingerprint density at radius 2 is 1.95 bits per heavy atom. The highest BCUT2D eigenvalue weighted by atomic mass is 32.1. The van der Waals surface area contributed by atoms with Gasteiger partial charge in [0, 0.05) is 5.69 Å². The van der Waals surface area contributed by atoms with Gasteiger partial charge in [0.05, 0.1) is 0 Å². The van der Waals surface area contributed by atoms with E-state index in [1.165, 1.54) is 35.6 Å². The maximum absolute atomic E-state index is 12.7. The van der Waals surface area contributed by atoms with Crippen LogP contribution in [0.2, 0.25) is 0 Å². The first-order valence-corrected chi connectivity index (χ1v) is 6.71. The summed E-state index contributed by atoms with van der Waals surface area (Å²) in [5.74, 6) is -1.38. The van der Waals surface area contributed by atoms with E-state index >= 15 is 0 Å². The van der Waals surface area contributed by atoms with Crippen molar-refractivity contribution >= 4 is 28.9 Å². The molecule has 0 saturated carbocycles. The van der Waals surface area contributed by atoms with E-state index in [0.717, 1.165) is 5.56 Å². The van der Waals surface area contributed by atoms with Gasteiger partial charge in [-0.15, -0.1) is 11.3 Å². The lowest BCUT2D eigenvalue weighted by atomic mass is 10.3. The fraction of sp³-hybridized carbons (Fsp3) is 0.143. The van der Waals surface area contributed by atoms with Gasteiger partial charge >= 0.3 is 5.97 Å². The first-order valence-electron chi connectivity index (χ1n) is 5.83. The van der Waals surface area contributed by atoms with Gasteiger partial charge < -0.3 is 10.1 Å². The molecule has 1 N–H and O–H groups in total. The summed E-state index contributed by atoms with van der Waals surface area (Å²) in [6.45, 7) is 1.42. The summed E-state index contributed by atoms with van der Waals surface area (Å²) in [7, 11) is 0. The van der Waals surface area contributed by atoms with Crippen LogP contribution in [-0.2, 0) is 9.53 Å². The number of thiophene rings is 1. The summed E-state index contributed by atoms with van der Waals surface area (Å²) in [5.41, 5.74) is 1.26. The molecule has 1 amide bonds. The summed E-state index contributed by atoms with van der Waals surface area (Å²) in [6.07, 6.45) is 0. The van der Waals surface area contributed by atoms with Crippen molar-refractivity contribution in [2.45, 2.75) is 6.92 Å². The van der Waals surface area contributed by atoms with Crippen molar-refractivity contribution in [3.63, 3.8) is 0 Å². The van der Waals surface area contributed by atoms with Gasteiger partial charge in [0.25, 0.3) is 5.91 Å². The lowest BCUT2D eigenvalue weighted by Gasteiger charge is -2.06. The van der Waals surface area contributed by atoms with Crippen molar-refractivity contribution in [3.05, 3.63) is 52.0 Å². The van der Waals surface area contributed by atoms with Gasteiger partial charge in [-0.3, -0.25) is 4.79 Å². The predicted molar refractivity (Wildman–Crippen MR) is 74.4 cm³/mol. The normalized spacial score (nSPS) is 10.1. The van der Waals surface area contributed by atoms with E-state index in [1.807, 2.05) is 0 Å². The summed E-state index contributed by atoms with van der Waals surface area (Å²) in [5, 5.41) is 4.29. The Bertz CT molecular complexity index is 622. The SMILES string of the molecule is Cc1ccsc1C(=O)OCC(=O)Nc1ccc(F)cc1. The van der Waals surface area contributed by atoms with Crippen LogP contribution in [0.1, 0.15) is 15.2 Å². The first kappa shape index (κ1) is 14.2. The zero-order valence-electron chi connectivity index (χ0n) is 10.7. The first-order chi connectivity index (χ1) is 9.56. The Hall–Kier alpha value is -2.21. The van der Waals surface area contributed by atoms with Crippen molar-refractivity contribution in [3.8, 4) is 0 Å². The van der Waals surface area contributed by atoms with E-state index in [9.17, 15) is 14.0 Å². The smallest absolute Gasteiger partial charge is 0.349 e. The predicted octanol–water partition coefficient (Wildman–Crippen LogP) is 2.99. The van der Waals surface area contributed by atoms with Gasteiger partial charge in [-0.25, -0.2) is 9.18 Å². The van der Waals surface area contributed by atoms with E-state index in [1.54, 1.807) is 18.4 Å². The van der Waals surface area contributed by atoms with E-state index in [0.29, 0.717) is 10.6 Å². The molecule has 0 aliphatic rings. The Balaban J connectivity index is 1.85. The van der Waals surface area contributed by atoms with Gasteiger partial charge in [0.1, 0.15) is 10.7 Å². The monoisotopic (exact) mass is 293 g/mol. The fourth-order valence-electron chi connectivity index (χ4n) is 1.51. The van der Waals surface area contributed by atoms with Gasteiger partial charge in [-0.05, 0) is 48.2 Å². The molecular formula is C14H12FNO3S. The third-order valence-electron chi connectivity index (χ3n) is 2.51. The second kappa shape index (κ2) is 6.29. The van der Waals surface area contributed by atoms with Crippen molar-refractivity contribution in [1.82, 2.24) is 0 Å². The van der Waals surface area contributed by atoms with Crippen LogP contribution in [0, 0.1) is 12.7 Å². The largest absolute Gasteiger partial charge is 0.451 e. The summed E-state index contributed by atoms with van der Waals surface area (Å²) in [4.78, 5) is 23.8. The quantitative estimate of drug-likeness (QED) is 0.882. The zero-order valence-corrected chi connectivity index (χ0v) is 11.5. The number of carbonyl (C=O) groups is 2. The number of rotatable bonds is 4. The maximum Gasteiger partial charge on any atom is 0.349 e. The van der Waals surface area contributed by atoms with Crippen molar-refractivity contribution in [1.29, 1.82) is 0 Å². The van der Waals surface area contributed by atoms with Crippen LogP contribution in [0.25, 0.3) is 0 Å². The van der Waals surface area contributed by atoms with Gasteiger partial charge in [0.15, 0.2) is 6.61 Å². The van der Waals surface area contributed by atoms with E-state index in [2.05, 4.69) is 5.32 Å². The molecule has 1 heterocycles. The number of anilines is 1. The van der Waals surface area contributed by atoms with Crippen LogP contribution in [-0.4, -0.2) is 18.5 Å². The molecule has 0 bridgehead atoms. The number of amides is 1. The molecule has 1 aromatic heterocycles. The average Bonchev–Trinajstić information content (AvgIpc) is 2.85. The molecule has 0 radical (unpaired) electrons. The molecule has 6 heteroatoms. The molecule has 0 atom stereocenters. The minimum atomic E-state index is -0.522. The maximum atomic E-state index is 12.7. The molecule has 20 heavy (non-hydrogen) atoms. The standard InChI is InChI=1S/C14H12FNO3S/c1-9-6-7-20-13(9)14(18)19-8-12(17)16-11-4-2-10(15)3-5-11/h2-7H,8H2,1H3,(H,16,17). The summed E-state index contributed by atoms with van der Waals surface area (Å²) >= 11 is 1.27. The van der Waals surface area contributed by atoms with E-state index < -0.39 is 11.9 Å². The number of halogens is 1. The molecule has 0 unspecified atom stereocenters. The molecule has 0 saturated heterocycles.